The topological polar surface area (TPSA) is 64.6 Å². The number of thioether (sulfide) groups is 1. The van der Waals surface area contributed by atoms with Gasteiger partial charge in [0, 0.05) is 10.6 Å². The Morgan fingerprint density at radius 1 is 1.00 bits per heavy atom. The van der Waals surface area contributed by atoms with Gasteiger partial charge in [-0.25, -0.2) is 4.79 Å². The molecule has 2 rings (SSSR count). The zero-order chi connectivity index (χ0) is 20.4. The first-order valence-corrected chi connectivity index (χ1v) is 10.2. The summed E-state index contributed by atoms with van der Waals surface area (Å²) in [6.45, 7) is 5.61. The van der Waals surface area contributed by atoms with E-state index in [0.717, 1.165) is 10.5 Å². The van der Waals surface area contributed by atoms with Gasteiger partial charge in [-0.2, -0.15) is 0 Å². The summed E-state index contributed by atoms with van der Waals surface area (Å²) in [5.41, 5.74) is 0.320. The summed E-state index contributed by atoms with van der Waals surface area (Å²) in [6.07, 6.45) is -0.464. The molecule has 6 heteroatoms. The lowest BCUT2D eigenvalue weighted by Gasteiger charge is -2.23. The maximum absolute atomic E-state index is 12.3. The average Bonchev–Trinajstić information content (AvgIpc) is 2.64. The van der Waals surface area contributed by atoms with Crippen molar-refractivity contribution in [1.29, 1.82) is 0 Å². The molecule has 0 spiro atoms. The van der Waals surface area contributed by atoms with Crippen LogP contribution in [0.25, 0.3) is 0 Å². The molecule has 1 amide bonds. The highest BCUT2D eigenvalue weighted by Gasteiger charge is 2.22. The van der Waals surface area contributed by atoms with Gasteiger partial charge < -0.3 is 14.8 Å². The Kier molecular flexibility index (Phi) is 8.39. The van der Waals surface area contributed by atoms with Crippen LogP contribution in [0.1, 0.15) is 32.8 Å². The van der Waals surface area contributed by atoms with Gasteiger partial charge in [-0.05, 0) is 38.5 Å². The number of ether oxygens (including phenoxy) is 2. The van der Waals surface area contributed by atoms with Gasteiger partial charge >= 0.3 is 12.1 Å². The number of benzene rings is 2. The fraction of sp³-hybridized carbons (Fsp3) is 0.364. The van der Waals surface area contributed by atoms with Gasteiger partial charge in [-0.15, -0.1) is 11.8 Å². The molecule has 1 atom stereocenters. The van der Waals surface area contributed by atoms with Crippen molar-refractivity contribution >= 4 is 23.8 Å². The van der Waals surface area contributed by atoms with Crippen LogP contribution < -0.4 is 5.32 Å². The van der Waals surface area contributed by atoms with E-state index < -0.39 is 17.7 Å². The standard InChI is InChI=1S/C22H27NO4S/c1-22(2,3)27-21(25)23-18(16-28-19-12-8-5-9-13-19)14-20(24)26-15-17-10-6-4-7-11-17/h4-13,18H,14-16H2,1-3H3,(H,23,25). The molecule has 0 saturated heterocycles. The molecule has 150 valence electrons. The highest BCUT2D eigenvalue weighted by molar-refractivity contribution is 7.99. The molecule has 28 heavy (non-hydrogen) atoms. The van der Waals surface area contributed by atoms with Crippen LogP contribution in [-0.4, -0.2) is 29.5 Å². The summed E-state index contributed by atoms with van der Waals surface area (Å²) in [5.74, 6) is 0.169. The highest BCUT2D eigenvalue weighted by atomic mass is 32.2. The van der Waals surface area contributed by atoms with Gasteiger partial charge in [-0.3, -0.25) is 4.79 Å². The molecule has 2 aromatic carbocycles. The van der Waals surface area contributed by atoms with Crippen LogP contribution in [-0.2, 0) is 20.9 Å². The third-order valence-corrected chi connectivity index (χ3v) is 4.75. The zero-order valence-electron chi connectivity index (χ0n) is 16.5. The first-order valence-electron chi connectivity index (χ1n) is 9.19. The molecule has 0 aliphatic rings. The SMILES string of the molecule is CC(C)(C)OC(=O)NC(CSc1ccccc1)CC(=O)OCc1ccccc1. The molecule has 0 fully saturated rings. The zero-order valence-corrected chi connectivity index (χ0v) is 17.3. The Hall–Kier alpha value is -2.47. The summed E-state index contributed by atoms with van der Waals surface area (Å²) in [4.78, 5) is 25.5. The van der Waals surface area contributed by atoms with Crippen molar-refractivity contribution in [2.75, 3.05) is 5.75 Å². The first kappa shape index (κ1) is 21.8. The van der Waals surface area contributed by atoms with E-state index in [9.17, 15) is 9.59 Å². The number of amides is 1. The van der Waals surface area contributed by atoms with Crippen LogP contribution in [0.3, 0.4) is 0 Å². The Labute approximate surface area is 170 Å². The van der Waals surface area contributed by atoms with Crippen molar-refractivity contribution < 1.29 is 19.1 Å². The highest BCUT2D eigenvalue weighted by Crippen LogP contribution is 2.19. The third-order valence-electron chi connectivity index (χ3n) is 3.57. The van der Waals surface area contributed by atoms with Crippen molar-refractivity contribution in [3.05, 3.63) is 66.2 Å². The van der Waals surface area contributed by atoms with E-state index in [1.54, 1.807) is 32.5 Å². The smallest absolute Gasteiger partial charge is 0.407 e. The molecule has 0 aliphatic heterocycles. The number of nitrogens with one attached hydrogen (secondary N) is 1. The van der Waals surface area contributed by atoms with E-state index >= 15 is 0 Å². The Morgan fingerprint density at radius 3 is 2.21 bits per heavy atom. The fourth-order valence-corrected chi connectivity index (χ4v) is 3.28. The maximum atomic E-state index is 12.3. The molecule has 0 aromatic heterocycles. The normalized spacial score (nSPS) is 12.1. The van der Waals surface area contributed by atoms with Crippen LogP contribution in [0, 0.1) is 0 Å². The number of carbonyl (C=O) groups excluding carboxylic acids is 2. The minimum Gasteiger partial charge on any atom is -0.461 e. The van der Waals surface area contributed by atoms with Crippen LogP contribution in [0.5, 0.6) is 0 Å². The summed E-state index contributed by atoms with van der Waals surface area (Å²) >= 11 is 1.57. The van der Waals surface area contributed by atoms with Crippen LogP contribution in [0.15, 0.2) is 65.6 Å². The van der Waals surface area contributed by atoms with Gasteiger partial charge in [-0.1, -0.05) is 48.5 Å². The van der Waals surface area contributed by atoms with Gasteiger partial charge in [0.05, 0.1) is 12.5 Å². The van der Waals surface area contributed by atoms with Crippen molar-refractivity contribution in [3.63, 3.8) is 0 Å². The fourth-order valence-electron chi connectivity index (χ4n) is 2.34. The lowest BCUT2D eigenvalue weighted by Crippen LogP contribution is -2.41. The molecule has 0 bridgehead atoms. The lowest BCUT2D eigenvalue weighted by atomic mass is 10.2. The van der Waals surface area contributed by atoms with E-state index in [4.69, 9.17) is 9.47 Å². The monoisotopic (exact) mass is 401 g/mol. The third kappa shape index (κ3) is 8.95. The van der Waals surface area contributed by atoms with Crippen molar-refractivity contribution in [3.8, 4) is 0 Å². The van der Waals surface area contributed by atoms with Crippen molar-refractivity contribution in [1.82, 2.24) is 5.32 Å². The van der Waals surface area contributed by atoms with Crippen molar-refractivity contribution in [2.45, 2.75) is 50.3 Å². The molecule has 5 nitrogen and oxygen atoms in total. The Bertz CT molecular complexity index is 744. The van der Waals surface area contributed by atoms with E-state index in [-0.39, 0.29) is 19.0 Å². The van der Waals surface area contributed by atoms with Crippen molar-refractivity contribution in [2.24, 2.45) is 0 Å². The lowest BCUT2D eigenvalue weighted by molar-refractivity contribution is -0.145. The molecule has 0 aliphatic carbocycles. The average molecular weight is 402 g/mol. The minimum atomic E-state index is -0.602. The number of hydrogen-bond donors (Lipinski definition) is 1. The number of hydrogen-bond acceptors (Lipinski definition) is 5. The predicted octanol–water partition coefficient (Wildman–Crippen LogP) is 4.81. The molecular formula is C22H27NO4S. The molecule has 0 radical (unpaired) electrons. The van der Waals surface area contributed by atoms with E-state index in [2.05, 4.69) is 5.32 Å². The number of esters is 1. The second-order valence-electron chi connectivity index (χ2n) is 7.32. The number of rotatable bonds is 8. The van der Waals surface area contributed by atoms with Gasteiger partial charge in [0.1, 0.15) is 12.2 Å². The largest absolute Gasteiger partial charge is 0.461 e. The van der Waals surface area contributed by atoms with Crippen LogP contribution in [0.4, 0.5) is 4.79 Å². The molecule has 0 heterocycles. The van der Waals surface area contributed by atoms with Gasteiger partial charge in [0.25, 0.3) is 0 Å². The summed E-state index contributed by atoms with van der Waals surface area (Å²) < 4.78 is 10.7. The van der Waals surface area contributed by atoms with Gasteiger partial charge in [0.2, 0.25) is 0 Å². The predicted molar refractivity (Wildman–Crippen MR) is 111 cm³/mol. The Balaban J connectivity index is 1.91. The second-order valence-corrected chi connectivity index (χ2v) is 8.41. The van der Waals surface area contributed by atoms with E-state index in [1.807, 2.05) is 60.7 Å². The molecule has 0 saturated carbocycles. The Morgan fingerprint density at radius 2 is 1.61 bits per heavy atom. The van der Waals surface area contributed by atoms with E-state index in [0.29, 0.717) is 5.75 Å². The summed E-state index contributed by atoms with van der Waals surface area (Å²) in [7, 11) is 0. The first-order chi connectivity index (χ1) is 13.3. The number of alkyl carbamates (subject to hydrolysis) is 1. The summed E-state index contributed by atoms with van der Waals surface area (Å²) in [5, 5.41) is 2.79. The van der Waals surface area contributed by atoms with Crippen LogP contribution in [0.2, 0.25) is 0 Å². The molecule has 2 aromatic rings. The summed E-state index contributed by atoms with van der Waals surface area (Å²) in [6, 6.07) is 18.9. The second kappa shape index (κ2) is 10.8. The van der Waals surface area contributed by atoms with Crippen LogP contribution >= 0.6 is 11.8 Å². The molecule has 1 N–H and O–H groups in total. The quantitative estimate of drug-likeness (QED) is 0.508. The molecule has 1 unspecified atom stereocenters. The molecular weight excluding hydrogens is 374 g/mol. The van der Waals surface area contributed by atoms with Gasteiger partial charge in [0.15, 0.2) is 0 Å². The maximum Gasteiger partial charge on any atom is 0.407 e. The minimum absolute atomic E-state index is 0.0753. The number of carbonyl (C=O) groups is 2. The van der Waals surface area contributed by atoms with E-state index in [1.165, 1.54) is 0 Å².